The third kappa shape index (κ3) is 4.34. The number of halogens is 2. The molecule has 0 bridgehead atoms. The summed E-state index contributed by atoms with van der Waals surface area (Å²) in [6.45, 7) is 1.80. The van der Waals surface area contributed by atoms with Crippen molar-refractivity contribution in [3.8, 4) is 0 Å². The molecule has 0 unspecified atom stereocenters. The van der Waals surface area contributed by atoms with Crippen LogP contribution in [0.1, 0.15) is 38.5 Å². The molecule has 2 aliphatic rings. The van der Waals surface area contributed by atoms with E-state index in [-0.39, 0.29) is 31.3 Å². The van der Waals surface area contributed by atoms with Crippen LogP contribution in [0.25, 0.3) is 0 Å². The monoisotopic (exact) mass is 311 g/mol. The van der Waals surface area contributed by atoms with Crippen molar-refractivity contribution in [2.45, 2.75) is 50.5 Å². The predicted molar refractivity (Wildman–Crippen MR) is 72.6 cm³/mol. The third-order valence-electron chi connectivity index (χ3n) is 4.32. The van der Waals surface area contributed by atoms with Crippen LogP contribution in [0.3, 0.4) is 0 Å². The summed E-state index contributed by atoms with van der Waals surface area (Å²) >= 11 is 0. The maximum atomic E-state index is 13.1. The molecule has 5 nitrogen and oxygen atoms in total. The number of alkyl halides is 2. The fraction of sp³-hybridized carbons (Fsp3) is 1.00. The van der Waals surface area contributed by atoms with Gasteiger partial charge in [-0.2, -0.15) is 12.7 Å². The van der Waals surface area contributed by atoms with Crippen LogP contribution in [0, 0.1) is 5.92 Å². The average Bonchev–Trinajstić information content (AvgIpc) is 2.37. The van der Waals surface area contributed by atoms with Crippen molar-refractivity contribution in [3.63, 3.8) is 0 Å². The van der Waals surface area contributed by atoms with Gasteiger partial charge in [0.25, 0.3) is 10.2 Å². The highest BCUT2D eigenvalue weighted by molar-refractivity contribution is 7.86. The first kappa shape index (κ1) is 16.1. The van der Waals surface area contributed by atoms with Crippen molar-refractivity contribution < 1.29 is 17.2 Å². The molecular formula is C12H23F2N3O2S. The van der Waals surface area contributed by atoms with E-state index in [4.69, 9.17) is 5.14 Å². The van der Waals surface area contributed by atoms with Crippen LogP contribution >= 0.6 is 0 Å². The van der Waals surface area contributed by atoms with Crippen molar-refractivity contribution in [1.29, 1.82) is 0 Å². The normalized spacial score (nSPS) is 26.0. The zero-order chi connectivity index (χ0) is 14.8. The minimum atomic E-state index is -3.77. The van der Waals surface area contributed by atoms with Gasteiger partial charge in [-0.25, -0.2) is 13.9 Å². The minimum Gasteiger partial charge on any atom is -0.317 e. The van der Waals surface area contributed by atoms with Crippen LogP contribution in [-0.4, -0.2) is 44.3 Å². The zero-order valence-electron chi connectivity index (χ0n) is 11.5. The van der Waals surface area contributed by atoms with Gasteiger partial charge in [-0.15, -0.1) is 0 Å². The Morgan fingerprint density at radius 1 is 1.15 bits per heavy atom. The van der Waals surface area contributed by atoms with Gasteiger partial charge in [0.1, 0.15) is 0 Å². The Hall–Kier alpha value is -0.310. The largest absolute Gasteiger partial charge is 0.317 e. The highest BCUT2D eigenvalue weighted by Crippen LogP contribution is 2.37. The molecule has 0 atom stereocenters. The number of rotatable bonds is 4. The Bertz CT molecular complexity index is 414. The number of nitrogens with zero attached hydrogens (tertiary/aromatic N) is 1. The Morgan fingerprint density at radius 2 is 1.70 bits per heavy atom. The Morgan fingerprint density at radius 3 is 2.20 bits per heavy atom. The molecule has 118 valence electrons. The molecule has 2 fully saturated rings. The maximum Gasteiger partial charge on any atom is 0.277 e. The number of hydrogen-bond donors (Lipinski definition) is 2. The van der Waals surface area contributed by atoms with Crippen LogP contribution < -0.4 is 10.5 Å². The summed E-state index contributed by atoms with van der Waals surface area (Å²) in [4.78, 5) is 0. The van der Waals surface area contributed by atoms with E-state index in [0.29, 0.717) is 12.8 Å². The summed E-state index contributed by atoms with van der Waals surface area (Å²) in [5, 5.41) is 8.48. The summed E-state index contributed by atoms with van der Waals surface area (Å²) < 4.78 is 51.1. The second-order valence-electron chi connectivity index (χ2n) is 5.90. The second-order valence-corrected chi connectivity index (χ2v) is 7.39. The summed E-state index contributed by atoms with van der Waals surface area (Å²) in [5.74, 6) is -2.60. The van der Waals surface area contributed by atoms with Crippen molar-refractivity contribution in [1.82, 2.24) is 9.62 Å². The summed E-state index contributed by atoms with van der Waals surface area (Å²) in [5.41, 5.74) is 0. The molecule has 20 heavy (non-hydrogen) atoms. The van der Waals surface area contributed by atoms with Crippen molar-refractivity contribution in [3.05, 3.63) is 0 Å². The van der Waals surface area contributed by atoms with Gasteiger partial charge in [-0.05, 0) is 44.7 Å². The molecule has 1 aliphatic carbocycles. The molecule has 1 saturated heterocycles. The first-order chi connectivity index (χ1) is 9.28. The van der Waals surface area contributed by atoms with E-state index < -0.39 is 16.1 Å². The van der Waals surface area contributed by atoms with Crippen LogP contribution in [0.2, 0.25) is 0 Å². The van der Waals surface area contributed by atoms with Gasteiger partial charge in [-0.1, -0.05) is 0 Å². The molecule has 1 heterocycles. The number of nitrogens with two attached hydrogens (primary N) is 1. The zero-order valence-corrected chi connectivity index (χ0v) is 12.3. The van der Waals surface area contributed by atoms with E-state index in [2.05, 4.69) is 5.32 Å². The average molecular weight is 311 g/mol. The van der Waals surface area contributed by atoms with E-state index in [1.807, 2.05) is 0 Å². The summed E-state index contributed by atoms with van der Waals surface area (Å²) in [7, 11) is -3.77. The molecular weight excluding hydrogens is 288 g/mol. The predicted octanol–water partition coefficient (Wildman–Crippen LogP) is 1.07. The number of piperidine rings is 1. The second kappa shape index (κ2) is 6.21. The van der Waals surface area contributed by atoms with Gasteiger partial charge < -0.3 is 5.32 Å². The molecule has 0 aromatic carbocycles. The van der Waals surface area contributed by atoms with Crippen molar-refractivity contribution in [2.75, 3.05) is 19.6 Å². The van der Waals surface area contributed by atoms with Gasteiger partial charge in [-0.3, -0.25) is 0 Å². The van der Waals surface area contributed by atoms with Gasteiger partial charge >= 0.3 is 0 Å². The summed E-state index contributed by atoms with van der Waals surface area (Å²) in [6, 6.07) is -0.103. The Balaban J connectivity index is 1.98. The van der Waals surface area contributed by atoms with Gasteiger partial charge in [0, 0.05) is 25.4 Å². The highest BCUT2D eigenvalue weighted by atomic mass is 32.2. The molecule has 3 N–H and O–H groups in total. The van der Waals surface area contributed by atoms with Crippen LogP contribution in [0.5, 0.6) is 0 Å². The van der Waals surface area contributed by atoms with E-state index in [0.717, 1.165) is 25.9 Å². The van der Waals surface area contributed by atoms with E-state index in [9.17, 15) is 17.2 Å². The third-order valence-corrected chi connectivity index (χ3v) is 5.42. The van der Waals surface area contributed by atoms with E-state index in [1.165, 1.54) is 4.31 Å². The Labute approximate surface area is 119 Å². The van der Waals surface area contributed by atoms with Gasteiger partial charge in [0.05, 0.1) is 0 Å². The highest BCUT2D eigenvalue weighted by Gasteiger charge is 2.37. The molecule has 0 aromatic rings. The van der Waals surface area contributed by atoms with E-state index >= 15 is 0 Å². The minimum absolute atomic E-state index is 0.0113. The lowest BCUT2D eigenvalue weighted by Gasteiger charge is -2.36. The molecule has 0 aromatic heterocycles. The lowest BCUT2D eigenvalue weighted by molar-refractivity contribution is -0.0477. The maximum absolute atomic E-state index is 13.1. The molecule has 0 spiro atoms. The molecule has 8 heteroatoms. The molecule has 1 saturated carbocycles. The van der Waals surface area contributed by atoms with Gasteiger partial charge in [0.15, 0.2) is 0 Å². The number of nitrogens with one attached hydrogen (secondary N) is 1. The van der Waals surface area contributed by atoms with Crippen LogP contribution in [-0.2, 0) is 10.2 Å². The fourth-order valence-corrected chi connectivity index (χ4v) is 4.14. The lowest BCUT2D eigenvalue weighted by atomic mass is 9.86. The SMILES string of the molecule is NS(=O)(=O)N(CC1CCC(F)(F)CC1)C1CCNCC1. The van der Waals surface area contributed by atoms with Gasteiger partial charge in [0.2, 0.25) is 5.92 Å². The first-order valence-corrected chi connectivity index (χ1v) is 8.66. The van der Waals surface area contributed by atoms with E-state index in [1.54, 1.807) is 0 Å². The topological polar surface area (TPSA) is 75.4 Å². The number of hydrogen-bond acceptors (Lipinski definition) is 3. The van der Waals surface area contributed by atoms with Crippen LogP contribution in [0.15, 0.2) is 0 Å². The summed E-state index contributed by atoms with van der Waals surface area (Å²) in [6.07, 6.45) is 1.87. The molecule has 0 amide bonds. The molecule has 0 radical (unpaired) electrons. The van der Waals surface area contributed by atoms with Crippen molar-refractivity contribution in [2.24, 2.45) is 11.1 Å². The molecule has 1 aliphatic heterocycles. The smallest absolute Gasteiger partial charge is 0.277 e. The lowest BCUT2D eigenvalue weighted by Crippen LogP contribution is -2.50. The van der Waals surface area contributed by atoms with Crippen LogP contribution in [0.4, 0.5) is 8.78 Å². The fourth-order valence-electron chi connectivity index (χ4n) is 3.09. The standard InChI is InChI=1S/C12H23F2N3O2S/c13-12(14)5-1-10(2-6-12)9-17(20(15,18)19)11-3-7-16-8-4-11/h10-11,16H,1-9H2,(H2,15,18,19). The van der Waals surface area contributed by atoms with Crippen molar-refractivity contribution >= 4 is 10.2 Å². The first-order valence-electron chi connectivity index (χ1n) is 7.16. The quantitative estimate of drug-likeness (QED) is 0.815. The Kier molecular flexibility index (Phi) is 4.99. The molecule has 2 rings (SSSR count).